The maximum absolute atomic E-state index is 11.7. The van der Waals surface area contributed by atoms with Crippen molar-refractivity contribution in [1.29, 1.82) is 0 Å². The minimum atomic E-state index is -3.12. The number of benzene rings is 1. The number of nitrogens with two attached hydrogens (primary N) is 1. The largest absolute Gasteiger partial charge is 0.369 e. The van der Waals surface area contributed by atoms with Crippen molar-refractivity contribution in [1.82, 2.24) is 19.9 Å². The lowest BCUT2D eigenvalue weighted by atomic mass is 10.0. The molecule has 1 aromatic carbocycles. The Morgan fingerprint density at radius 1 is 1.29 bits per heavy atom. The second kappa shape index (κ2) is 6.91. The predicted octanol–water partition coefficient (Wildman–Crippen LogP) is 1.07. The molecular weight excluding hydrogens is 376 g/mol. The normalized spacial score (nSPS) is 24.2. The van der Waals surface area contributed by atoms with Crippen molar-refractivity contribution in [3.05, 3.63) is 47.4 Å². The van der Waals surface area contributed by atoms with Crippen molar-refractivity contribution in [2.45, 2.75) is 31.6 Å². The van der Waals surface area contributed by atoms with E-state index in [1.54, 1.807) is 6.21 Å². The van der Waals surface area contributed by atoms with Crippen LogP contribution in [0.3, 0.4) is 0 Å². The summed E-state index contributed by atoms with van der Waals surface area (Å²) in [6.45, 7) is 3.07. The SMILES string of the molecule is Cc1cc2cc(C3(N)N=CC=C(NC4CCN(S(C)(=O)=O)CC4)N3)ccc2[nH]1. The Balaban J connectivity index is 1.45. The minimum Gasteiger partial charge on any atom is -0.369 e. The van der Waals surface area contributed by atoms with Crippen LogP contribution in [0.5, 0.6) is 0 Å². The number of aromatic amines is 1. The second-order valence-electron chi connectivity index (χ2n) is 7.58. The van der Waals surface area contributed by atoms with Gasteiger partial charge in [-0.1, -0.05) is 6.07 Å². The molecule has 1 saturated heterocycles. The van der Waals surface area contributed by atoms with Gasteiger partial charge in [0.1, 0.15) is 5.82 Å². The van der Waals surface area contributed by atoms with E-state index in [1.165, 1.54) is 10.6 Å². The maximum Gasteiger partial charge on any atom is 0.211 e. The molecule has 1 unspecified atom stereocenters. The lowest BCUT2D eigenvalue weighted by Crippen LogP contribution is -2.54. The number of nitrogens with zero attached hydrogens (tertiary/aromatic N) is 2. The molecular formula is C19H26N6O2S. The molecule has 1 atom stereocenters. The number of piperidine rings is 1. The van der Waals surface area contributed by atoms with Crippen LogP contribution in [0, 0.1) is 6.92 Å². The Labute approximate surface area is 164 Å². The van der Waals surface area contributed by atoms with Crippen LogP contribution in [0.4, 0.5) is 0 Å². The molecule has 9 heteroatoms. The van der Waals surface area contributed by atoms with Gasteiger partial charge in [0.15, 0.2) is 0 Å². The Bertz CT molecular complexity index is 1050. The van der Waals surface area contributed by atoms with Crippen LogP contribution in [-0.4, -0.2) is 49.3 Å². The van der Waals surface area contributed by atoms with Gasteiger partial charge in [-0.05, 0) is 44.0 Å². The van der Waals surface area contributed by atoms with E-state index in [-0.39, 0.29) is 6.04 Å². The predicted molar refractivity (Wildman–Crippen MR) is 111 cm³/mol. The first kappa shape index (κ1) is 19.0. The summed E-state index contributed by atoms with van der Waals surface area (Å²) in [5, 5.41) is 7.83. The molecule has 4 rings (SSSR count). The second-order valence-corrected chi connectivity index (χ2v) is 9.57. The van der Waals surface area contributed by atoms with Gasteiger partial charge < -0.3 is 15.6 Å². The first-order valence-corrected chi connectivity index (χ1v) is 11.2. The van der Waals surface area contributed by atoms with Crippen molar-refractivity contribution < 1.29 is 8.42 Å². The average molecular weight is 403 g/mol. The standard InChI is InChI=1S/C19H26N6O2S/c1-13-11-14-12-15(3-4-17(14)22-13)19(20)21-8-5-18(24-19)23-16-6-9-25(10-7-16)28(2,26)27/h3-5,8,11-12,16,22-24H,6-7,9-10,20H2,1-2H3. The number of aryl methyl sites for hydroxylation is 1. The molecule has 5 N–H and O–H groups in total. The van der Waals surface area contributed by atoms with Gasteiger partial charge in [-0.15, -0.1) is 0 Å². The molecule has 0 bridgehead atoms. The number of hydrogen-bond donors (Lipinski definition) is 4. The number of fused-ring (bicyclic) bond motifs is 1. The van der Waals surface area contributed by atoms with Crippen molar-refractivity contribution >= 4 is 27.1 Å². The number of allylic oxidation sites excluding steroid dienone is 1. The smallest absolute Gasteiger partial charge is 0.211 e. The zero-order valence-electron chi connectivity index (χ0n) is 16.1. The maximum atomic E-state index is 11.7. The number of aromatic nitrogens is 1. The molecule has 0 saturated carbocycles. The molecule has 8 nitrogen and oxygen atoms in total. The van der Waals surface area contributed by atoms with Gasteiger partial charge in [0.2, 0.25) is 15.8 Å². The van der Waals surface area contributed by atoms with Gasteiger partial charge in [0.25, 0.3) is 0 Å². The topological polar surface area (TPSA) is 116 Å². The van der Waals surface area contributed by atoms with Crippen molar-refractivity contribution in [3.63, 3.8) is 0 Å². The average Bonchev–Trinajstić information content (AvgIpc) is 3.00. The van der Waals surface area contributed by atoms with E-state index in [0.717, 1.165) is 40.8 Å². The highest BCUT2D eigenvalue weighted by Gasteiger charge is 2.31. The van der Waals surface area contributed by atoms with Crippen molar-refractivity contribution in [3.8, 4) is 0 Å². The Morgan fingerprint density at radius 3 is 2.75 bits per heavy atom. The monoisotopic (exact) mass is 402 g/mol. The number of rotatable bonds is 4. The van der Waals surface area contributed by atoms with Crippen LogP contribution in [0.1, 0.15) is 24.1 Å². The van der Waals surface area contributed by atoms with Crippen LogP contribution in [0.25, 0.3) is 10.9 Å². The third-order valence-corrected chi connectivity index (χ3v) is 6.63. The molecule has 1 aromatic heterocycles. The van der Waals surface area contributed by atoms with E-state index in [4.69, 9.17) is 5.73 Å². The zero-order valence-corrected chi connectivity index (χ0v) is 16.9. The fourth-order valence-electron chi connectivity index (χ4n) is 3.81. The summed E-state index contributed by atoms with van der Waals surface area (Å²) in [6, 6.07) is 8.28. The lowest BCUT2D eigenvalue weighted by molar-refractivity contribution is 0.288. The van der Waals surface area contributed by atoms with Gasteiger partial charge in [-0.3, -0.25) is 5.73 Å². The third kappa shape index (κ3) is 3.78. The van der Waals surface area contributed by atoms with Gasteiger partial charge in [-0.2, -0.15) is 0 Å². The van der Waals surface area contributed by atoms with Crippen LogP contribution in [0.15, 0.2) is 41.2 Å². The summed E-state index contributed by atoms with van der Waals surface area (Å²) >= 11 is 0. The van der Waals surface area contributed by atoms with Gasteiger partial charge in [-0.25, -0.2) is 17.7 Å². The van der Waals surface area contributed by atoms with Crippen LogP contribution in [-0.2, 0) is 15.8 Å². The highest BCUT2D eigenvalue weighted by atomic mass is 32.2. The fraction of sp³-hybridized carbons (Fsp3) is 0.421. The first-order valence-electron chi connectivity index (χ1n) is 9.37. The van der Waals surface area contributed by atoms with E-state index in [1.807, 2.05) is 31.2 Å². The summed E-state index contributed by atoms with van der Waals surface area (Å²) in [4.78, 5) is 7.77. The Morgan fingerprint density at radius 2 is 2.04 bits per heavy atom. The van der Waals surface area contributed by atoms with Crippen molar-refractivity contribution in [2.75, 3.05) is 19.3 Å². The summed E-state index contributed by atoms with van der Waals surface area (Å²) in [7, 11) is -3.12. The summed E-state index contributed by atoms with van der Waals surface area (Å²) in [6.07, 6.45) is 6.31. The number of hydrogen-bond acceptors (Lipinski definition) is 6. The first-order chi connectivity index (χ1) is 13.2. The Kier molecular flexibility index (Phi) is 4.68. The third-order valence-electron chi connectivity index (χ3n) is 5.32. The molecule has 0 aliphatic carbocycles. The number of H-pyrrole nitrogens is 1. The number of sulfonamides is 1. The minimum absolute atomic E-state index is 0.183. The van der Waals surface area contributed by atoms with Crippen molar-refractivity contribution in [2.24, 2.45) is 10.7 Å². The zero-order chi connectivity index (χ0) is 19.9. The van der Waals surface area contributed by atoms with Crippen LogP contribution >= 0.6 is 0 Å². The summed E-state index contributed by atoms with van der Waals surface area (Å²) < 4.78 is 24.9. The van der Waals surface area contributed by atoms with E-state index in [2.05, 4.69) is 26.7 Å². The summed E-state index contributed by atoms with van der Waals surface area (Å²) in [5.41, 5.74) is 9.60. The molecule has 3 heterocycles. The molecule has 2 aliphatic heterocycles. The molecule has 1 fully saturated rings. The van der Waals surface area contributed by atoms with E-state index < -0.39 is 15.8 Å². The number of aliphatic imine (C=N–C) groups is 1. The molecule has 0 spiro atoms. The van der Waals surface area contributed by atoms with E-state index in [9.17, 15) is 8.42 Å². The van der Waals surface area contributed by atoms with Gasteiger partial charge in [0.05, 0.1) is 6.26 Å². The van der Waals surface area contributed by atoms with Gasteiger partial charge in [0, 0.05) is 47.5 Å². The van der Waals surface area contributed by atoms with Gasteiger partial charge >= 0.3 is 0 Å². The van der Waals surface area contributed by atoms with E-state index in [0.29, 0.717) is 13.1 Å². The van der Waals surface area contributed by atoms with Crippen LogP contribution in [0.2, 0.25) is 0 Å². The quantitative estimate of drug-likeness (QED) is 0.611. The molecule has 0 radical (unpaired) electrons. The number of nitrogens with one attached hydrogen (secondary N) is 3. The molecule has 0 amide bonds. The highest BCUT2D eigenvalue weighted by molar-refractivity contribution is 7.88. The Hall–Kier alpha value is -2.36. The molecule has 150 valence electrons. The summed E-state index contributed by atoms with van der Waals surface area (Å²) in [5.74, 6) is -0.259. The highest BCUT2D eigenvalue weighted by Crippen LogP contribution is 2.25. The molecule has 28 heavy (non-hydrogen) atoms. The fourth-order valence-corrected chi connectivity index (χ4v) is 4.68. The lowest BCUT2D eigenvalue weighted by Gasteiger charge is -2.36. The molecule has 2 aromatic rings. The van der Waals surface area contributed by atoms with Crippen LogP contribution < -0.4 is 16.4 Å². The molecule has 2 aliphatic rings. The van der Waals surface area contributed by atoms with E-state index >= 15 is 0 Å².